The number of benzene rings is 1. The lowest BCUT2D eigenvalue weighted by Gasteiger charge is -2.09. The van der Waals surface area contributed by atoms with Crippen molar-refractivity contribution in [2.75, 3.05) is 19.5 Å². The van der Waals surface area contributed by atoms with Crippen LogP contribution in [0.2, 0.25) is 0 Å². The molecule has 1 amide bonds. The van der Waals surface area contributed by atoms with E-state index in [1.807, 2.05) is 6.92 Å². The average Bonchev–Trinajstić information content (AvgIpc) is 3.11. The van der Waals surface area contributed by atoms with Crippen LogP contribution in [0.1, 0.15) is 49.3 Å². The number of ether oxygens (including phenoxy) is 2. The number of aromatic nitrogens is 2. The maximum absolute atomic E-state index is 13.0. The summed E-state index contributed by atoms with van der Waals surface area (Å²) in [6, 6.07) is 4.11. The van der Waals surface area contributed by atoms with Gasteiger partial charge in [-0.05, 0) is 37.1 Å². The standard InChI is InChI=1S/C21H21N3O6S/c1-5-6-24-10-22-18-15(19(24)26)11(2)16(31-18)17(25)23-14-8-12(20(27)29-3)7-13(9-14)21(28)30-4/h7-10H,5-6H2,1-4H3,(H,23,25). The number of carbonyl (C=O) groups is 3. The normalized spacial score (nSPS) is 10.7. The summed E-state index contributed by atoms with van der Waals surface area (Å²) in [5.74, 6) is -1.82. The second-order valence-electron chi connectivity index (χ2n) is 6.72. The number of rotatable bonds is 6. The summed E-state index contributed by atoms with van der Waals surface area (Å²) in [7, 11) is 2.43. The number of aryl methyl sites for hydroxylation is 2. The smallest absolute Gasteiger partial charge is 0.337 e. The highest BCUT2D eigenvalue weighted by atomic mass is 32.1. The van der Waals surface area contributed by atoms with Crippen molar-refractivity contribution < 1.29 is 23.9 Å². The number of thiophene rings is 1. The number of amides is 1. The van der Waals surface area contributed by atoms with Crippen LogP contribution in [0.5, 0.6) is 0 Å². The van der Waals surface area contributed by atoms with Gasteiger partial charge in [0.25, 0.3) is 11.5 Å². The molecule has 2 heterocycles. The fourth-order valence-electron chi connectivity index (χ4n) is 3.13. The topological polar surface area (TPSA) is 117 Å². The van der Waals surface area contributed by atoms with Gasteiger partial charge in [0.2, 0.25) is 0 Å². The molecule has 0 atom stereocenters. The summed E-state index contributed by atoms with van der Waals surface area (Å²) in [5, 5.41) is 3.08. The summed E-state index contributed by atoms with van der Waals surface area (Å²) < 4.78 is 10.9. The third kappa shape index (κ3) is 4.33. The SMILES string of the molecule is CCCn1cnc2sc(C(=O)Nc3cc(C(=O)OC)cc(C(=O)OC)c3)c(C)c2c1=O. The van der Waals surface area contributed by atoms with Gasteiger partial charge in [-0.25, -0.2) is 14.6 Å². The Hall–Kier alpha value is -3.53. The van der Waals surface area contributed by atoms with Gasteiger partial charge in [-0.1, -0.05) is 6.92 Å². The third-order valence-corrected chi connectivity index (χ3v) is 5.82. The Bertz CT molecular complexity index is 1210. The van der Waals surface area contributed by atoms with Gasteiger partial charge in [0.1, 0.15) is 4.83 Å². The second kappa shape index (κ2) is 9.09. The van der Waals surface area contributed by atoms with Crippen LogP contribution < -0.4 is 10.9 Å². The van der Waals surface area contributed by atoms with Gasteiger partial charge >= 0.3 is 11.9 Å². The Morgan fingerprint density at radius 2 is 1.71 bits per heavy atom. The van der Waals surface area contributed by atoms with E-state index in [1.165, 1.54) is 43.3 Å². The van der Waals surface area contributed by atoms with Gasteiger partial charge in [-0.3, -0.25) is 14.2 Å². The van der Waals surface area contributed by atoms with Crippen LogP contribution in [0, 0.1) is 6.92 Å². The van der Waals surface area contributed by atoms with Crippen molar-refractivity contribution in [1.29, 1.82) is 0 Å². The van der Waals surface area contributed by atoms with E-state index in [1.54, 1.807) is 6.92 Å². The first-order valence-corrected chi connectivity index (χ1v) is 10.2. The van der Waals surface area contributed by atoms with Crippen LogP contribution in [-0.4, -0.2) is 41.6 Å². The molecule has 0 fully saturated rings. The molecular formula is C21H21N3O6S. The zero-order valence-corrected chi connectivity index (χ0v) is 18.3. The summed E-state index contributed by atoms with van der Waals surface area (Å²) in [4.78, 5) is 54.7. The molecule has 0 spiro atoms. The maximum atomic E-state index is 13.0. The second-order valence-corrected chi connectivity index (χ2v) is 7.71. The van der Waals surface area contributed by atoms with Crippen LogP contribution in [0.3, 0.4) is 0 Å². The van der Waals surface area contributed by atoms with Crippen molar-refractivity contribution in [3.8, 4) is 0 Å². The highest BCUT2D eigenvalue weighted by Gasteiger charge is 2.21. The van der Waals surface area contributed by atoms with Crippen LogP contribution in [0.4, 0.5) is 5.69 Å². The third-order valence-electron chi connectivity index (χ3n) is 4.62. The predicted octanol–water partition coefficient (Wildman–Crippen LogP) is 3.00. The lowest BCUT2D eigenvalue weighted by Crippen LogP contribution is -2.20. The van der Waals surface area contributed by atoms with E-state index < -0.39 is 17.8 Å². The Morgan fingerprint density at radius 1 is 1.10 bits per heavy atom. The molecule has 0 unspecified atom stereocenters. The number of methoxy groups -OCH3 is 2. The molecule has 0 aliphatic heterocycles. The first kappa shape index (κ1) is 22.2. The number of nitrogens with zero attached hydrogens (tertiary/aromatic N) is 2. The molecule has 0 radical (unpaired) electrons. The fraction of sp³-hybridized carbons (Fsp3) is 0.286. The monoisotopic (exact) mass is 443 g/mol. The van der Waals surface area contributed by atoms with E-state index in [0.717, 1.165) is 17.8 Å². The van der Waals surface area contributed by atoms with Gasteiger partial charge < -0.3 is 14.8 Å². The van der Waals surface area contributed by atoms with Gasteiger partial charge in [-0.2, -0.15) is 0 Å². The minimum atomic E-state index is -0.667. The molecule has 10 heteroatoms. The zero-order valence-electron chi connectivity index (χ0n) is 17.5. The molecule has 1 N–H and O–H groups in total. The zero-order chi connectivity index (χ0) is 22.7. The van der Waals surface area contributed by atoms with Crippen molar-refractivity contribution in [3.63, 3.8) is 0 Å². The molecule has 0 saturated heterocycles. The molecule has 0 bridgehead atoms. The van der Waals surface area contributed by atoms with Crippen molar-refractivity contribution >= 4 is 45.1 Å². The first-order chi connectivity index (χ1) is 14.8. The first-order valence-electron chi connectivity index (χ1n) is 9.42. The van der Waals surface area contributed by atoms with E-state index in [0.29, 0.717) is 27.2 Å². The highest BCUT2D eigenvalue weighted by molar-refractivity contribution is 7.20. The summed E-state index contributed by atoms with van der Waals surface area (Å²) in [6.07, 6.45) is 2.26. The Morgan fingerprint density at radius 3 is 2.26 bits per heavy atom. The number of hydrogen-bond acceptors (Lipinski definition) is 8. The summed E-state index contributed by atoms with van der Waals surface area (Å²) >= 11 is 1.10. The van der Waals surface area contributed by atoms with Crippen molar-refractivity contribution in [3.05, 3.63) is 56.4 Å². The lowest BCUT2D eigenvalue weighted by atomic mass is 10.1. The molecule has 0 aliphatic carbocycles. The number of carbonyl (C=O) groups excluding carboxylic acids is 3. The predicted molar refractivity (Wildman–Crippen MR) is 116 cm³/mol. The van der Waals surface area contributed by atoms with Crippen LogP contribution in [0.25, 0.3) is 10.2 Å². The molecule has 1 aromatic carbocycles. The van der Waals surface area contributed by atoms with Crippen molar-refractivity contribution in [2.45, 2.75) is 26.8 Å². The minimum Gasteiger partial charge on any atom is -0.465 e. The van der Waals surface area contributed by atoms with Crippen LogP contribution in [0.15, 0.2) is 29.3 Å². The van der Waals surface area contributed by atoms with E-state index in [4.69, 9.17) is 9.47 Å². The van der Waals surface area contributed by atoms with Crippen molar-refractivity contribution in [1.82, 2.24) is 9.55 Å². The van der Waals surface area contributed by atoms with Gasteiger partial charge in [0, 0.05) is 12.2 Å². The molecule has 3 aromatic rings. The van der Waals surface area contributed by atoms with Crippen molar-refractivity contribution in [2.24, 2.45) is 0 Å². The van der Waals surface area contributed by atoms with E-state index in [9.17, 15) is 19.2 Å². The number of esters is 2. The lowest BCUT2D eigenvalue weighted by molar-refractivity contribution is 0.0599. The highest BCUT2D eigenvalue weighted by Crippen LogP contribution is 2.28. The summed E-state index contributed by atoms with van der Waals surface area (Å²) in [5.41, 5.74) is 0.704. The fourth-order valence-corrected chi connectivity index (χ4v) is 4.17. The molecule has 9 nitrogen and oxygen atoms in total. The molecule has 2 aromatic heterocycles. The quantitative estimate of drug-likeness (QED) is 0.582. The molecule has 0 aliphatic rings. The van der Waals surface area contributed by atoms with Crippen LogP contribution in [-0.2, 0) is 16.0 Å². The molecule has 3 rings (SSSR count). The number of fused-ring (bicyclic) bond motifs is 1. The molecular weight excluding hydrogens is 422 g/mol. The number of hydrogen-bond donors (Lipinski definition) is 1. The summed E-state index contributed by atoms with van der Waals surface area (Å²) in [6.45, 7) is 4.19. The van der Waals surface area contributed by atoms with E-state index >= 15 is 0 Å². The Labute approximate surface area is 181 Å². The van der Waals surface area contributed by atoms with E-state index in [-0.39, 0.29) is 22.4 Å². The average molecular weight is 443 g/mol. The number of nitrogens with one attached hydrogen (secondary N) is 1. The largest absolute Gasteiger partial charge is 0.465 e. The van der Waals surface area contributed by atoms with Gasteiger partial charge in [0.15, 0.2) is 0 Å². The minimum absolute atomic E-state index is 0.0814. The van der Waals surface area contributed by atoms with Crippen LogP contribution >= 0.6 is 11.3 Å². The van der Waals surface area contributed by atoms with Gasteiger partial charge in [-0.15, -0.1) is 11.3 Å². The molecule has 31 heavy (non-hydrogen) atoms. The van der Waals surface area contributed by atoms with Gasteiger partial charge in [0.05, 0.1) is 41.9 Å². The number of anilines is 1. The Kier molecular flexibility index (Phi) is 6.50. The molecule has 162 valence electrons. The maximum Gasteiger partial charge on any atom is 0.337 e. The molecule has 0 saturated carbocycles. The van der Waals surface area contributed by atoms with E-state index in [2.05, 4.69) is 10.3 Å². The Balaban J connectivity index is 2.01.